The van der Waals surface area contributed by atoms with Crippen LogP contribution in [0.2, 0.25) is 0 Å². The van der Waals surface area contributed by atoms with Crippen molar-refractivity contribution in [1.82, 2.24) is 14.1 Å². The zero-order valence-corrected chi connectivity index (χ0v) is 20.3. The molecule has 0 unspecified atom stereocenters. The van der Waals surface area contributed by atoms with Crippen LogP contribution in [0.3, 0.4) is 0 Å². The number of nitrogens with zero attached hydrogens (tertiary/aromatic N) is 3. The van der Waals surface area contributed by atoms with Gasteiger partial charge in [-0.3, -0.25) is 14.4 Å². The van der Waals surface area contributed by atoms with Crippen LogP contribution >= 0.6 is 0 Å². The summed E-state index contributed by atoms with van der Waals surface area (Å²) in [7, 11) is -0.240. The third kappa shape index (κ3) is 8.09. The van der Waals surface area contributed by atoms with Gasteiger partial charge in [-0.05, 0) is 25.0 Å². The summed E-state index contributed by atoms with van der Waals surface area (Å²) < 4.78 is 34.8. The lowest BCUT2D eigenvalue weighted by Crippen LogP contribution is -2.56. The lowest BCUT2D eigenvalue weighted by Gasteiger charge is -2.37. The highest BCUT2D eigenvalue weighted by atomic mass is 32.2. The molecular formula is C22H33N3O7S. The van der Waals surface area contributed by atoms with Crippen molar-refractivity contribution in [2.24, 2.45) is 0 Å². The third-order valence-corrected chi connectivity index (χ3v) is 6.83. The van der Waals surface area contributed by atoms with Crippen molar-refractivity contribution in [3.63, 3.8) is 0 Å². The number of carbonyl (C=O) groups is 3. The Kier molecular flexibility index (Phi) is 10.3. The first-order valence-corrected chi connectivity index (χ1v) is 12.7. The number of rotatable bonds is 11. The maximum Gasteiger partial charge on any atom is 0.305 e. The van der Waals surface area contributed by atoms with Crippen LogP contribution in [0, 0.1) is 0 Å². The molecule has 0 spiro atoms. The van der Waals surface area contributed by atoms with Crippen molar-refractivity contribution in [3.05, 3.63) is 35.9 Å². The second kappa shape index (κ2) is 12.7. The van der Waals surface area contributed by atoms with Crippen LogP contribution < -0.4 is 0 Å². The van der Waals surface area contributed by atoms with Crippen molar-refractivity contribution >= 4 is 27.8 Å². The topological polar surface area (TPSA) is 114 Å². The molecule has 184 valence electrons. The van der Waals surface area contributed by atoms with Gasteiger partial charge in [0, 0.05) is 52.3 Å². The molecule has 1 aromatic carbocycles. The SMILES string of the molecule is COCCOC(=O)CCC[C@@H](C(=O)N1CCN(S(C)(=O)=O)CC1)N(C)C(=O)c1ccccc1. The van der Waals surface area contributed by atoms with E-state index in [2.05, 4.69) is 0 Å². The molecular weight excluding hydrogens is 450 g/mol. The van der Waals surface area contributed by atoms with Crippen molar-refractivity contribution in [3.8, 4) is 0 Å². The molecule has 1 aliphatic rings. The molecule has 0 saturated carbocycles. The van der Waals surface area contributed by atoms with E-state index >= 15 is 0 Å². The van der Waals surface area contributed by atoms with Crippen LogP contribution in [-0.4, -0.2) is 106 Å². The summed E-state index contributed by atoms with van der Waals surface area (Å²) in [5, 5.41) is 0. The van der Waals surface area contributed by atoms with Crippen LogP contribution in [-0.2, 0) is 29.1 Å². The van der Waals surface area contributed by atoms with Crippen LogP contribution in [0.5, 0.6) is 0 Å². The van der Waals surface area contributed by atoms with E-state index < -0.39 is 22.0 Å². The summed E-state index contributed by atoms with van der Waals surface area (Å²) in [6, 6.07) is 7.87. The fourth-order valence-corrected chi connectivity index (χ4v) is 4.44. The first-order chi connectivity index (χ1) is 15.6. The molecule has 0 bridgehead atoms. The molecule has 1 heterocycles. The highest BCUT2D eigenvalue weighted by Gasteiger charge is 2.34. The van der Waals surface area contributed by atoms with Crippen molar-refractivity contribution in [1.29, 1.82) is 0 Å². The van der Waals surface area contributed by atoms with E-state index in [0.717, 1.165) is 6.26 Å². The molecule has 2 rings (SSSR count). The summed E-state index contributed by atoms with van der Waals surface area (Å²) in [6.07, 6.45) is 1.89. The summed E-state index contributed by atoms with van der Waals surface area (Å²) in [4.78, 5) is 41.2. The summed E-state index contributed by atoms with van der Waals surface area (Å²) in [5.41, 5.74) is 0.457. The average molecular weight is 484 g/mol. The van der Waals surface area contributed by atoms with E-state index in [-0.39, 0.29) is 57.4 Å². The Morgan fingerprint density at radius 2 is 1.70 bits per heavy atom. The molecule has 2 amide bonds. The van der Waals surface area contributed by atoms with Crippen LogP contribution in [0.15, 0.2) is 30.3 Å². The molecule has 1 aromatic rings. The number of methoxy groups -OCH3 is 1. The van der Waals surface area contributed by atoms with Crippen molar-refractivity contribution in [2.75, 3.05) is 59.8 Å². The smallest absolute Gasteiger partial charge is 0.305 e. The van der Waals surface area contributed by atoms with E-state index in [9.17, 15) is 22.8 Å². The van der Waals surface area contributed by atoms with E-state index in [4.69, 9.17) is 9.47 Å². The lowest BCUT2D eigenvalue weighted by atomic mass is 10.0. The zero-order chi connectivity index (χ0) is 24.4. The van der Waals surface area contributed by atoms with Crippen LogP contribution in [0.1, 0.15) is 29.6 Å². The van der Waals surface area contributed by atoms with Gasteiger partial charge in [0.2, 0.25) is 15.9 Å². The number of piperazine rings is 1. The monoisotopic (exact) mass is 483 g/mol. The number of ether oxygens (including phenoxy) is 2. The normalized spacial score (nSPS) is 15.7. The number of amides is 2. The Labute approximate surface area is 195 Å². The Balaban J connectivity index is 2.07. The minimum Gasteiger partial charge on any atom is -0.463 e. The molecule has 10 nitrogen and oxygen atoms in total. The van der Waals surface area contributed by atoms with Gasteiger partial charge in [-0.25, -0.2) is 8.42 Å². The molecule has 1 atom stereocenters. The second-order valence-corrected chi connectivity index (χ2v) is 9.87. The zero-order valence-electron chi connectivity index (χ0n) is 19.4. The molecule has 11 heteroatoms. The molecule has 0 aromatic heterocycles. The number of hydrogen-bond acceptors (Lipinski definition) is 7. The van der Waals surface area contributed by atoms with Gasteiger partial charge >= 0.3 is 5.97 Å². The lowest BCUT2D eigenvalue weighted by molar-refractivity contribution is -0.145. The Morgan fingerprint density at radius 3 is 2.27 bits per heavy atom. The average Bonchev–Trinajstić information content (AvgIpc) is 2.81. The molecule has 1 saturated heterocycles. The summed E-state index contributed by atoms with van der Waals surface area (Å²) in [6.45, 7) is 1.37. The molecule has 0 aliphatic carbocycles. The summed E-state index contributed by atoms with van der Waals surface area (Å²) >= 11 is 0. The minimum absolute atomic E-state index is 0.114. The minimum atomic E-state index is -3.32. The van der Waals surface area contributed by atoms with Crippen molar-refractivity contribution in [2.45, 2.75) is 25.3 Å². The van der Waals surface area contributed by atoms with E-state index in [1.807, 2.05) is 0 Å². The fraction of sp³-hybridized carbons (Fsp3) is 0.591. The number of sulfonamides is 1. The van der Waals surface area contributed by atoms with E-state index in [1.165, 1.54) is 16.3 Å². The maximum absolute atomic E-state index is 13.3. The molecule has 33 heavy (non-hydrogen) atoms. The Morgan fingerprint density at radius 1 is 1.06 bits per heavy atom. The quantitative estimate of drug-likeness (QED) is 0.334. The van der Waals surface area contributed by atoms with Crippen LogP contribution in [0.25, 0.3) is 0 Å². The fourth-order valence-electron chi connectivity index (χ4n) is 3.61. The van der Waals surface area contributed by atoms with E-state index in [1.54, 1.807) is 42.3 Å². The van der Waals surface area contributed by atoms with Crippen LogP contribution in [0.4, 0.5) is 0 Å². The molecule has 0 radical (unpaired) electrons. The number of carbonyl (C=O) groups excluding carboxylic acids is 3. The maximum atomic E-state index is 13.3. The van der Waals surface area contributed by atoms with E-state index in [0.29, 0.717) is 18.6 Å². The Bertz CT molecular complexity index is 900. The van der Waals surface area contributed by atoms with Gasteiger partial charge in [0.1, 0.15) is 12.6 Å². The van der Waals surface area contributed by atoms with Gasteiger partial charge in [0.05, 0.1) is 12.9 Å². The van der Waals surface area contributed by atoms with Gasteiger partial charge < -0.3 is 19.3 Å². The summed E-state index contributed by atoms with van der Waals surface area (Å²) in [5.74, 6) is -0.953. The van der Waals surface area contributed by atoms with Gasteiger partial charge in [-0.1, -0.05) is 18.2 Å². The van der Waals surface area contributed by atoms with Crippen molar-refractivity contribution < 1.29 is 32.3 Å². The number of likely N-dealkylation sites (N-methyl/N-ethyl adjacent to an activating group) is 1. The highest BCUT2D eigenvalue weighted by Crippen LogP contribution is 2.17. The number of benzene rings is 1. The highest BCUT2D eigenvalue weighted by molar-refractivity contribution is 7.88. The number of esters is 1. The first-order valence-electron chi connectivity index (χ1n) is 10.9. The van der Waals surface area contributed by atoms with Gasteiger partial charge in [0.25, 0.3) is 5.91 Å². The second-order valence-electron chi connectivity index (χ2n) is 7.89. The molecule has 1 aliphatic heterocycles. The largest absolute Gasteiger partial charge is 0.463 e. The molecule has 1 fully saturated rings. The third-order valence-electron chi connectivity index (χ3n) is 5.52. The van der Waals surface area contributed by atoms with Gasteiger partial charge in [0.15, 0.2) is 0 Å². The first kappa shape index (κ1) is 26.7. The number of hydrogen-bond donors (Lipinski definition) is 0. The predicted molar refractivity (Wildman–Crippen MR) is 122 cm³/mol. The predicted octanol–water partition coefficient (Wildman–Crippen LogP) is 0.591. The van der Waals surface area contributed by atoms with Gasteiger partial charge in [-0.15, -0.1) is 0 Å². The molecule has 0 N–H and O–H groups in total. The van der Waals surface area contributed by atoms with Gasteiger partial charge in [-0.2, -0.15) is 4.31 Å². The standard InChI is InChI=1S/C22H33N3O7S/c1-23(21(27)18-8-5-4-6-9-18)19(10-7-11-20(26)32-17-16-31-2)22(28)24-12-14-25(15-13-24)33(3,29)30/h4-6,8-9,19H,7,10-17H2,1-3H3/t19-/m0/s1. The Hall–Kier alpha value is -2.50.